The molecule has 0 aliphatic carbocycles. The van der Waals surface area contributed by atoms with Gasteiger partial charge in [-0.25, -0.2) is 0 Å². The molecule has 0 saturated carbocycles. The number of aromatic nitrogens is 1. The van der Waals surface area contributed by atoms with Crippen LogP contribution >= 0.6 is 15.9 Å². The summed E-state index contributed by atoms with van der Waals surface area (Å²) in [6, 6.07) is 14.7. The van der Waals surface area contributed by atoms with Crippen molar-refractivity contribution in [2.45, 2.75) is 19.4 Å². The van der Waals surface area contributed by atoms with E-state index in [1.54, 1.807) is 24.0 Å². The topological polar surface area (TPSA) is 65.2 Å². The lowest BCUT2D eigenvalue weighted by molar-refractivity contribution is -0.132. The van der Waals surface area contributed by atoms with Gasteiger partial charge in [0.2, 0.25) is 5.91 Å². The lowest BCUT2D eigenvalue weighted by atomic mass is 9.98. The quantitative estimate of drug-likeness (QED) is 0.618. The summed E-state index contributed by atoms with van der Waals surface area (Å²) < 4.78 is 0.907. The van der Waals surface area contributed by atoms with Crippen LogP contribution < -0.4 is 5.32 Å². The van der Waals surface area contributed by atoms with Crippen molar-refractivity contribution in [2.24, 2.45) is 0 Å². The highest BCUT2D eigenvalue weighted by atomic mass is 79.9. The highest BCUT2D eigenvalue weighted by Crippen LogP contribution is 2.29. The Morgan fingerprint density at radius 3 is 2.62 bits per heavy atom. The minimum Gasteiger partial charge on any atom is -0.361 e. The van der Waals surface area contributed by atoms with Gasteiger partial charge in [0, 0.05) is 45.8 Å². The number of hydrogen-bond donors (Lipinski definition) is 2. The molecule has 3 aromatic rings. The van der Waals surface area contributed by atoms with Crippen LogP contribution in [0.5, 0.6) is 0 Å². The molecular formula is C23H22BrN3O2. The van der Waals surface area contributed by atoms with Crippen LogP contribution in [0.25, 0.3) is 16.5 Å². The van der Waals surface area contributed by atoms with Crippen molar-refractivity contribution in [3.63, 3.8) is 0 Å². The Morgan fingerprint density at radius 1 is 1.14 bits per heavy atom. The molecular weight excluding hydrogens is 430 g/mol. The van der Waals surface area contributed by atoms with Crippen molar-refractivity contribution in [1.29, 1.82) is 0 Å². The van der Waals surface area contributed by atoms with Crippen LogP contribution in [0, 0.1) is 0 Å². The molecule has 0 saturated heterocycles. The molecule has 2 N–H and O–H groups in total. The number of hydrogen-bond acceptors (Lipinski definition) is 2. The summed E-state index contributed by atoms with van der Waals surface area (Å²) in [6.07, 6.45) is 4.94. The number of fused-ring (bicyclic) bond motifs is 1. The van der Waals surface area contributed by atoms with E-state index in [0.29, 0.717) is 18.7 Å². The van der Waals surface area contributed by atoms with E-state index in [4.69, 9.17) is 0 Å². The summed E-state index contributed by atoms with van der Waals surface area (Å²) in [7, 11) is 0. The normalized spacial score (nSPS) is 15.1. The molecule has 6 heteroatoms. The zero-order chi connectivity index (χ0) is 20.4. The fraction of sp³-hybridized carbons (Fsp3) is 0.217. The third-order valence-electron chi connectivity index (χ3n) is 5.28. The van der Waals surface area contributed by atoms with E-state index in [-0.39, 0.29) is 11.8 Å². The van der Waals surface area contributed by atoms with Crippen molar-refractivity contribution in [3.8, 4) is 0 Å². The van der Waals surface area contributed by atoms with E-state index in [0.717, 1.165) is 16.4 Å². The van der Waals surface area contributed by atoms with Crippen LogP contribution in [0.3, 0.4) is 0 Å². The largest absolute Gasteiger partial charge is 0.361 e. The first-order chi connectivity index (χ1) is 14.0. The zero-order valence-corrected chi connectivity index (χ0v) is 17.7. The van der Waals surface area contributed by atoms with Crippen LogP contribution in [0.1, 0.15) is 29.3 Å². The first-order valence-electron chi connectivity index (χ1n) is 9.63. The minimum absolute atomic E-state index is 0.0651. The van der Waals surface area contributed by atoms with E-state index in [1.807, 2.05) is 30.5 Å². The van der Waals surface area contributed by atoms with Crippen molar-refractivity contribution >= 4 is 44.2 Å². The van der Waals surface area contributed by atoms with Gasteiger partial charge in [-0.1, -0.05) is 40.2 Å². The molecule has 148 valence electrons. The van der Waals surface area contributed by atoms with Gasteiger partial charge in [0.15, 0.2) is 0 Å². The van der Waals surface area contributed by atoms with Gasteiger partial charge in [0.1, 0.15) is 6.04 Å². The van der Waals surface area contributed by atoms with Crippen molar-refractivity contribution in [2.75, 3.05) is 13.1 Å². The van der Waals surface area contributed by atoms with E-state index in [2.05, 4.69) is 44.4 Å². The molecule has 4 rings (SSSR count). The Bertz CT molecular complexity index is 1080. The third-order valence-corrected chi connectivity index (χ3v) is 5.81. The summed E-state index contributed by atoms with van der Waals surface area (Å²) in [4.78, 5) is 30.3. The molecule has 0 bridgehead atoms. The number of halogens is 1. The molecule has 2 aromatic carbocycles. The molecule has 0 spiro atoms. The van der Waals surface area contributed by atoms with E-state index >= 15 is 0 Å². The van der Waals surface area contributed by atoms with Gasteiger partial charge in [-0.15, -0.1) is 0 Å². The Hall–Kier alpha value is -2.86. The lowest BCUT2D eigenvalue weighted by Gasteiger charge is -2.29. The van der Waals surface area contributed by atoms with Crippen LogP contribution in [-0.4, -0.2) is 40.8 Å². The number of rotatable bonds is 4. The van der Waals surface area contributed by atoms with E-state index < -0.39 is 6.04 Å². The highest BCUT2D eigenvalue weighted by Gasteiger charge is 2.24. The second kappa shape index (κ2) is 8.25. The first-order valence-corrected chi connectivity index (χ1v) is 10.4. The SMILES string of the molecule is C[C@@H](NC(=O)c1ccc(Br)cc1)C(=O)N1CC=C(c2c[nH]c3ccccc23)CC1. The molecule has 1 aliphatic heterocycles. The van der Waals surface area contributed by atoms with Gasteiger partial charge in [-0.3, -0.25) is 9.59 Å². The summed E-state index contributed by atoms with van der Waals surface area (Å²) in [5.41, 5.74) is 4.10. The molecule has 2 amide bonds. The smallest absolute Gasteiger partial charge is 0.251 e. The predicted molar refractivity (Wildman–Crippen MR) is 119 cm³/mol. The first kappa shape index (κ1) is 19.5. The number of carbonyl (C=O) groups is 2. The van der Waals surface area contributed by atoms with Gasteiger partial charge in [-0.05, 0) is 49.2 Å². The maximum Gasteiger partial charge on any atom is 0.251 e. The van der Waals surface area contributed by atoms with Crippen LogP contribution in [0.4, 0.5) is 0 Å². The Balaban J connectivity index is 1.40. The number of aromatic amines is 1. The summed E-state index contributed by atoms with van der Waals surface area (Å²) in [5, 5.41) is 4.01. The molecule has 1 atom stereocenters. The highest BCUT2D eigenvalue weighted by molar-refractivity contribution is 9.10. The Kier molecular flexibility index (Phi) is 5.53. The van der Waals surface area contributed by atoms with Gasteiger partial charge in [0.25, 0.3) is 5.91 Å². The summed E-state index contributed by atoms with van der Waals surface area (Å²) in [5.74, 6) is -0.310. The second-order valence-electron chi connectivity index (χ2n) is 7.21. The van der Waals surface area contributed by atoms with Crippen molar-refractivity contribution < 1.29 is 9.59 Å². The number of amides is 2. The zero-order valence-electron chi connectivity index (χ0n) is 16.1. The fourth-order valence-electron chi connectivity index (χ4n) is 3.67. The van der Waals surface area contributed by atoms with Crippen LogP contribution in [0.15, 0.2) is 65.3 Å². The Labute approximate surface area is 177 Å². The molecule has 0 fully saturated rings. The van der Waals surface area contributed by atoms with Gasteiger partial charge in [0.05, 0.1) is 0 Å². The minimum atomic E-state index is -0.575. The number of benzene rings is 2. The molecule has 5 nitrogen and oxygen atoms in total. The molecule has 0 unspecified atom stereocenters. The molecule has 1 aromatic heterocycles. The van der Waals surface area contributed by atoms with Crippen LogP contribution in [0.2, 0.25) is 0 Å². The lowest BCUT2D eigenvalue weighted by Crippen LogP contribution is -2.48. The number of nitrogens with one attached hydrogen (secondary N) is 2. The van der Waals surface area contributed by atoms with Crippen LogP contribution in [-0.2, 0) is 4.79 Å². The van der Waals surface area contributed by atoms with E-state index in [9.17, 15) is 9.59 Å². The fourth-order valence-corrected chi connectivity index (χ4v) is 3.93. The maximum absolute atomic E-state index is 12.8. The van der Waals surface area contributed by atoms with Gasteiger partial charge in [-0.2, -0.15) is 0 Å². The van der Waals surface area contributed by atoms with Crippen molar-refractivity contribution in [3.05, 3.63) is 76.4 Å². The number of nitrogens with zero attached hydrogens (tertiary/aromatic N) is 1. The standard InChI is InChI=1S/C23H22BrN3O2/c1-15(26-22(28)17-6-8-18(24)9-7-17)23(29)27-12-10-16(11-13-27)20-14-25-21-5-3-2-4-19(20)21/h2-10,14-15,25H,11-13H2,1H3,(H,26,28)/t15-/m1/s1. The summed E-state index contributed by atoms with van der Waals surface area (Å²) in [6.45, 7) is 2.92. The van der Waals surface area contributed by atoms with E-state index in [1.165, 1.54) is 16.5 Å². The van der Waals surface area contributed by atoms with Crippen molar-refractivity contribution in [1.82, 2.24) is 15.2 Å². The Morgan fingerprint density at radius 2 is 1.90 bits per heavy atom. The average molecular weight is 452 g/mol. The number of para-hydroxylation sites is 1. The van der Waals surface area contributed by atoms with Gasteiger partial charge >= 0.3 is 0 Å². The average Bonchev–Trinajstić information content (AvgIpc) is 3.18. The third kappa shape index (κ3) is 4.12. The molecule has 1 aliphatic rings. The van der Waals surface area contributed by atoms with Gasteiger partial charge < -0.3 is 15.2 Å². The molecule has 0 radical (unpaired) electrons. The summed E-state index contributed by atoms with van der Waals surface area (Å²) >= 11 is 3.35. The predicted octanol–water partition coefficient (Wildman–Crippen LogP) is 4.36. The second-order valence-corrected chi connectivity index (χ2v) is 8.13. The molecule has 2 heterocycles. The number of carbonyl (C=O) groups excluding carboxylic acids is 2. The maximum atomic E-state index is 12.8. The monoisotopic (exact) mass is 451 g/mol. The molecule has 29 heavy (non-hydrogen) atoms. The number of H-pyrrole nitrogens is 1.